The fourth-order valence-corrected chi connectivity index (χ4v) is 0.540. The van der Waals surface area contributed by atoms with Crippen molar-refractivity contribution in [1.82, 2.24) is 4.90 Å². The molecule has 0 atom stereocenters. The van der Waals surface area contributed by atoms with Crippen molar-refractivity contribution in [2.45, 2.75) is 20.3 Å². The van der Waals surface area contributed by atoms with Crippen LogP contribution in [0.3, 0.4) is 0 Å². The molecule has 0 saturated carbocycles. The van der Waals surface area contributed by atoms with Gasteiger partial charge in [0.05, 0.1) is 0 Å². The predicted molar refractivity (Wildman–Crippen MR) is 43.4 cm³/mol. The summed E-state index contributed by atoms with van der Waals surface area (Å²) in [5, 5.41) is 0. The van der Waals surface area contributed by atoms with Crippen LogP contribution < -0.4 is 0 Å². The Labute approximate surface area is 63.2 Å². The van der Waals surface area contributed by atoms with Crippen molar-refractivity contribution < 1.29 is 0 Å². The maximum absolute atomic E-state index is 2.31. The van der Waals surface area contributed by atoms with Gasteiger partial charge in [-0.25, -0.2) is 0 Å². The summed E-state index contributed by atoms with van der Waals surface area (Å²) < 4.78 is 0. The summed E-state index contributed by atoms with van der Waals surface area (Å²) in [4.78, 5) is 2.31. The molecule has 0 unspecified atom stereocenters. The summed E-state index contributed by atoms with van der Waals surface area (Å²) in [7, 11) is 2.14. The zero-order chi connectivity index (χ0) is 5.70. The number of nitrogens with zero attached hydrogens (tertiary/aromatic N) is 1. The van der Waals surface area contributed by atoms with Crippen molar-refractivity contribution in [3.8, 4) is 0 Å². The van der Waals surface area contributed by atoms with E-state index in [2.05, 4.69) is 25.8 Å². The molecule has 0 aromatic rings. The van der Waals surface area contributed by atoms with E-state index in [1.807, 2.05) is 0 Å². The van der Waals surface area contributed by atoms with Crippen LogP contribution in [0.15, 0.2) is 0 Å². The molecule has 0 amide bonds. The maximum Gasteiger partial charge on any atom is 0.187 e. The van der Waals surface area contributed by atoms with E-state index >= 15 is 0 Å². The van der Waals surface area contributed by atoms with Crippen LogP contribution in [0.1, 0.15) is 20.3 Å². The topological polar surface area (TPSA) is 3.24 Å². The normalized spacial score (nSPS) is 9.00. The van der Waals surface area contributed by atoms with Gasteiger partial charge in [0.2, 0.25) is 0 Å². The molecule has 50 valence electrons. The lowest BCUT2D eigenvalue weighted by Gasteiger charge is -2.10. The second kappa shape index (κ2) is 7.49. The summed E-state index contributed by atoms with van der Waals surface area (Å²) in [6, 6.07) is 0. The summed E-state index contributed by atoms with van der Waals surface area (Å²) in [6.45, 7) is 6.78. The van der Waals surface area contributed by atoms with Crippen molar-refractivity contribution >= 4 is 17.4 Å². The van der Waals surface area contributed by atoms with Gasteiger partial charge in [0.25, 0.3) is 0 Å². The van der Waals surface area contributed by atoms with Crippen molar-refractivity contribution in [3.63, 3.8) is 0 Å². The minimum absolute atomic E-state index is 0. The zero-order valence-electron chi connectivity index (χ0n) is 5.57. The summed E-state index contributed by atoms with van der Waals surface area (Å²) in [5.74, 6) is 0. The third-order valence-corrected chi connectivity index (χ3v) is 1.15. The first-order valence-corrected chi connectivity index (χ1v) is 2.99. The lowest BCUT2D eigenvalue weighted by molar-refractivity contribution is 0.353. The Kier molecular flexibility index (Phi) is 10.6. The Balaban J connectivity index is 0. The van der Waals surface area contributed by atoms with Gasteiger partial charge in [-0.05, 0) is 26.6 Å². The molecular weight excluding hydrogens is 113 g/mol. The monoisotopic (exact) mass is 131 g/mol. The van der Waals surface area contributed by atoms with Crippen LogP contribution in [0, 0.1) is 0 Å². The summed E-state index contributed by atoms with van der Waals surface area (Å²) in [6.07, 6.45) is 1.27. The molecule has 2 heteroatoms. The average Bonchev–Trinajstić information content (AvgIpc) is 1.68. The van der Waals surface area contributed by atoms with Crippen LogP contribution in [0.25, 0.3) is 0 Å². The molecule has 0 spiro atoms. The van der Waals surface area contributed by atoms with Gasteiger partial charge < -0.3 is 4.90 Å². The van der Waals surface area contributed by atoms with Crippen molar-refractivity contribution in [1.29, 1.82) is 0 Å². The number of hydrogen-bond acceptors (Lipinski definition) is 1. The molecule has 8 heavy (non-hydrogen) atoms. The van der Waals surface area contributed by atoms with E-state index in [0.717, 1.165) is 0 Å². The largest absolute Gasteiger partial charge is 0.307 e. The second-order valence-electron chi connectivity index (χ2n) is 1.90. The van der Waals surface area contributed by atoms with Crippen LogP contribution >= 0.6 is 0 Å². The first-order valence-electron chi connectivity index (χ1n) is 2.99. The molecule has 0 N–H and O–H groups in total. The minimum Gasteiger partial charge on any atom is -0.307 e. The molecular formula is C6H18AlN. The fraction of sp³-hybridized carbons (Fsp3) is 1.00. The first-order chi connectivity index (χ1) is 3.31. The van der Waals surface area contributed by atoms with Crippen LogP contribution in [0.5, 0.6) is 0 Å². The van der Waals surface area contributed by atoms with E-state index in [1.165, 1.54) is 19.5 Å². The highest BCUT2D eigenvalue weighted by atomic mass is 27.0. The Morgan fingerprint density at radius 2 is 1.75 bits per heavy atom. The zero-order valence-corrected chi connectivity index (χ0v) is 5.57. The Morgan fingerprint density at radius 1 is 1.25 bits per heavy atom. The molecule has 0 aromatic carbocycles. The smallest absolute Gasteiger partial charge is 0.187 e. The van der Waals surface area contributed by atoms with Gasteiger partial charge in [0.1, 0.15) is 0 Å². The highest BCUT2D eigenvalue weighted by molar-refractivity contribution is 5.75. The Morgan fingerprint density at radius 3 is 1.88 bits per heavy atom. The van der Waals surface area contributed by atoms with Crippen LogP contribution in [-0.2, 0) is 0 Å². The molecule has 0 aliphatic heterocycles. The first kappa shape index (κ1) is 11.3. The average molecular weight is 131 g/mol. The second-order valence-corrected chi connectivity index (χ2v) is 1.90. The van der Waals surface area contributed by atoms with E-state index in [4.69, 9.17) is 0 Å². The quantitative estimate of drug-likeness (QED) is 0.493. The standard InChI is InChI=1S/C6H15N.Al.3H/c1-4-6-7(3)5-2;;;;/h4-6H2,1-3H3;;;;. The van der Waals surface area contributed by atoms with Crippen molar-refractivity contribution in [2.24, 2.45) is 0 Å². The van der Waals surface area contributed by atoms with Crippen molar-refractivity contribution in [3.05, 3.63) is 0 Å². The predicted octanol–water partition coefficient (Wildman–Crippen LogP) is 0.164. The van der Waals surface area contributed by atoms with Gasteiger partial charge >= 0.3 is 0 Å². The van der Waals surface area contributed by atoms with E-state index in [9.17, 15) is 0 Å². The van der Waals surface area contributed by atoms with Gasteiger partial charge in [-0.2, -0.15) is 0 Å². The molecule has 0 bridgehead atoms. The van der Waals surface area contributed by atoms with Gasteiger partial charge in [0, 0.05) is 0 Å². The van der Waals surface area contributed by atoms with Gasteiger partial charge in [-0.1, -0.05) is 13.8 Å². The molecule has 1 nitrogen and oxygen atoms in total. The van der Waals surface area contributed by atoms with Gasteiger partial charge in [0.15, 0.2) is 17.4 Å². The highest BCUT2D eigenvalue weighted by Crippen LogP contribution is 1.81. The Hall–Kier alpha value is 0.492. The minimum atomic E-state index is 0. The third-order valence-electron chi connectivity index (χ3n) is 1.15. The molecule has 0 aliphatic carbocycles. The molecule has 0 fully saturated rings. The molecule has 0 saturated heterocycles. The lowest BCUT2D eigenvalue weighted by atomic mass is 10.4. The van der Waals surface area contributed by atoms with E-state index in [-0.39, 0.29) is 17.4 Å². The van der Waals surface area contributed by atoms with E-state index < -0.39 is 0 Å². The lowest BCUT2D eigenvalue weighted by Crippen LogP contribution is -2.17. The fourth-order valence-electron chi connectivity index (χ4n) is 0.540. The third kappa shape index (κ3) is 6.49. The van der Waals surface area contributed by atoms with Crippen LogP contribution in [0.2, 0.25) is 0 Å². The highest BCUT2D eigenvalue weighted by Gasteiger charge is 1.86. The van der Waals surface area contributed by atoms with Gasteiger partial charge in [-0.3, -0.25) is 0 Å². The van der Waals surface area contributed by atoms with Crippen molar-refractivity contribution in [2.75, 3.05) is 20.1 Å². The number of hydrogen-bond donors (Lipinski definition) is 0. The van der Waals surface area contributed by atoms with Gasteiger partial charge in [-0.15, -0.1) is 0 Å². The molecule has 0 aliphatic rings. The number of rotatable bonds is 3. The molecule has 0 heterocycles. The Bertz CT molecular complexity index is 39.5. The van der Waals surface area contributed by atoms with Crippen LogP contribution in [0.4, 0.5) is 0 Å². The molecule has 0 rings (SSSR count). The SMILES string of the molecule is CCCN(C)CC.[AlH3]. The summed E-state index contributed by atoms with van der Waals surface area (Å²) >= 11 is 0. The van der Waals surface area contributed by atoms with E-state index in [0.29, 0.717) is 0 Å². The van der Waals surface area contributed by atoms with E-state index in [1.54, 1.807) is 0 Å². The molecule has 0 aromatic heterocycles. The summed E-state index contributed by atoms with van der Waals surface area (Å²) in [5.41, 5.74) is 0. The maximum atomic E-state index is 2.31. The molecule has 0 radical (unpaired) electrons. The van der Waals surface area contributed by atoms with Crippen LogP contribution in [-0.4, -0.2) is 42.4 Å².